The van der Waals surface area contributed by atoms with Crippen LogP contribution in [0.3, 0.4) is 0 Å². The maximum absolute atomic E-state index is 12.5. The van der Waals surface area contributed by atoms with Gasteiger partial charge in [0.1, 0.15) is 23.6 Å². The number of rotatable bonds is 7. The number of ether oxygens (including phenoxy) is 3. The Morgan fingerprint density at radius 1 is 1.00 bits per heavy atom. The Kier molecular flexibility index (Phi) is 8.94. The number of benzene rings is 3. The van der Waals surface area contributed by atoms with Crippen LogP contribution >= 0.6 is 23.2 Å². The fourth-order valence-corrected chi connectivity index (χ4v) is 6.23. The predicted octanol–water partition coefficient (Wildman–Crippen LogP) is 7.94. The monoisotopic (exact) mass is 581 g/mol. The lowest BCUT2D eigenvalue weighted by molar-refractivity contribution is -0.148. The second-order valence-electron chi connectivity index (χ2n) is 11.0. The molecule has 0 spiro atoms. The van der Waals surface area contributed by atoms with Gasteiger partial charge < -0.3 is 14.2 Å². The first-order valence-electron chi connectivity index (χ1n) is 14.1. The molecule has 3 atom stereocenters. The molecular weight excluding hydrogens is 545 g/mol. The van der Waals surface area contributed by atoms with Gasteiger partial charge in [0.05, 0.1) is 23.8 Å². The average Bonchev–Trinajstić information content (AvgIpc) is 3.17. The van der Waals surface area contributed by atoms with E-state index in [1.807, 2.05) is 18.2 Å². The summed E-state index contributed by atoms with van der Waals surface area (Å²) in [6.07, 6.45) is 3.20. The molecule has 5 rings (SSSR count). The number of methoxy groups -OCH3 is 1. The average molecular weight is 583 g/mol. The first-order chi connectivity index (χ1) is 19.3. The van der Waals surface area contributed by atoms with Crippen LogP contribution in [0, 0.1) is 0 Å². The van der Waals surface area contributed by atoms with Crippen molar-refractivity contribution in [1.82, 2.24) is 4.90 Å². The summed E-state index contributed by atoms with van der Waals surface area (Å²) in [5.74, 6) is 1.94. The Bertz CT molecular complexity index is 1360. The molecule has 2 heterocycles. The molecule has 40 heavy (non-hydrogen) atoms. The number of esters is 1. The molecule has 2 aliphatic rings. The topological polar surface area (TPSA) is 48.0 Å². The zero-order chi connectivity index (χ0) is 28.4. The van der Waals surface area contributed by atoms with Crippen LogP contribution in [0.4, 0.5) is 0 Å². The highest BCUT2D eigenvalue weighted by molar-refractivity contribution is 6.42. The predicted molar refractivity (Wildman–Crippen MR) is 160 cm³/mol. The lowest BCUT2D eigenvalue weighted by Crippen LogP contribution is -2.49. The first kappa shape index (κ1) is 28.8. The molecule has 0 aromatic heterocycles. The Hall–Kier alpha value is -2.73. The summed E-state index contributed by atoms with van der Waals surface area (Å²) in [6.45, 7) is 7.74. The van der Waals surface area contributed by atoms with Crippen molar-refractivity contribution in [3.63, 3.8) is 0 Å². The van der Waals surface area contributed by atoms with E-state index in [9.17, 15) is 4.79 Å². The van der Waals surface area contributed by atoms with Crippen LogP contribution in [-0.4, -0.2) is 36.7 Å². The smallest absolute Gasteiger partial charge is 0.323 e. The Balaban J connectivity index is 1.32. The number of hydrogen-bond donors (Lipinski definition) is 0. The zero-order valence-corrected chi connectivity index (χ0v) is 25.1. The van der Waals surface area contributed by atoms with Crippen molar-refractivity contribution in [3.8, 4) is 11.5 Å². The number of hydrogen-bond acceptors (Lipinski definition) is 5. The van der Waals surface area contributed by atoms with Crippen molar-refractivity contribution < 1.29 is 19.0 Å². The Labute approximate surface area is 247 Å². The quantitative estimate of drug-likeness (QED) is 0.265. The molecule has 3 aromatic carbocycles. The molecule has 0 amide bonds. The van der Waals surface area contributed by atoms with Crippen molar-refractivity contribution in [2.45, 2.75) is 77.1 Å². The fourth-order valence-electron chi connectivity index (χ4n) is 5.92. The molecule has 3 aromatic rings. The number of halogens is 2. The van der Waals surface area contributed by atoms with E-state index in [0.717, 1.165) is 42.9 Å². The van der Waals surface area contributed by atoms with Crippen LogP contribution in [0.15, 0.2) is 54.6 Å². The van der Waals surface area contributed by atoms with Gasteiger partial charge in [0.2, 0.25) is 0 Å². The van der Waals surface area contributed by atoms with Crippen molar-refractivity contribution >= 4 is 29.2 Å². The second-order valence-corrected chi connectivity index (χ2v) is 11.8. The van der Waals surface area contributed by atoms with E-state index in [2.05, 4.69) is 62.1 Å². The van der Waals surface area contributed by atoms with Gasteiger partial charge in [-0.1, -0.05) is 54.4 Å². The van der Waals surface area contributed by atoms with Crippen LogP contribution in [0.1, 0.15) is 73.5 Å². The fraction of sp³-hybridized carbons (Fsp3) is 0.424. The minimum absolute atomic E-state index is 0.103. The van der Waals surface area contributed by atoms with Crippen LogP contribution in [0.25, 0.3) is 0 Å². The molecule has 0 unspecified atom stereocenters. The molecule has 0 radical (unpaired) electrons. The van der Waals surface area contributed by atoms with Gasteiger partial charge in [-0.25, -0.2) is 0 Å². The molecule has 0 saturated carbocycles. The number of carbonyl (C=O) groups excluding carboxylic acids is 1. The SMILES string of the molecule is CC[C@@H](Oc1ccc([C@@H]2CCOc3cc4c(cc3C2)CN(C(C)C)[C@H](C(=O)OC)C4)cc1)c1ccc(Cl)c(Cl)c1. The normalized spacial score (nSPS) is 19.7. The van der Waals surface area contributed by atoms with Gasteiger partial charge in [0, 0.05) is 12.6 Å². The Morgan fingerprint density at radius 2 is 1.77 bits per heavy atom. The van der Waals surface area contributed by atoms with Gasteiger partial charge in [0.15, 0.2) is 0 Å². The number of fused-ring (bicyclic) bond motifs is 2. The molecule has 0 fully saturated rings. The van der Waals surface area contributed by atoms with E-state index in [-0.39, 0.29) is 24.2 Å². The van der Waals surface area contributed by atoms with Crippen LogP contribution < -0.4 is 9.47 Å². The lowest BCUT2D eigenvalue weighted by atomic mass is 9.86. The summed E-state index contributed by atoms with van der Waals surface area (Å²) in [7, 11) is 1.47. The molecule has 2 aliphatic heterocycles. The highest BCUT2D eigenvalue weighted by Gasteiger charge is 2.35. The standard InChI is InChI=1S/C33H37Cl2NO4/c1-5-31(23-8-11-28(34)29(35)16-23)40-27-9-6-21(7-10-27)22-12-13-39-32-18-24-17-30(33(37)38-4)36(20(2)3)19-26(24)15-25(32)14-22/h6-11,15-16,18,20,22,30-31H,5,12-14,17,19H2,1-4H3/t22-,30+,31-/m1/s1. The second kappa shape index (κ2) is 12.4. The molecule has 0 aliphatic carbocycles. The van der Waals surface area contributed by atoms with Gasteiger partial charge in [-0.3, -0.25) is 9.69 Å². The van der Waals surface area contributed by atoms with Crippen molar-refractivity contribution in [1.29, 1.82) is 0 Å². The summed E-state index contributed by atoms with van der Waals surface area (Å²) in [6, 6.07) is 18.6. The molecule has 5 nitrogen and oxygen atoms in total. The summed E-state index contributed by atoms with van der Waals surface area (Å²) in [4.78, 5) is 14.8. The van der Waals surface area contributed by atoms with Gasteiger partial charge in [-0.15, -0.1) is 0 Å². The minimum Gasteiger partial charge on any atom is -0.493 e. The minimum atomic E-state index is -0.265. The van der Waals surface area contributed by atoms with Crippen LogP contribution in [0.5, 0.6) is 11.5 Å². The number of nitrogens with zero attached hydrogens (tertiary/aromatic N) is 1. The van der Waals surface area contributed by atoms with Gasteiger partial charge in [-0.05, 0) is 104 Å². The Morgan fingerprint density at radius 3 is 2.45 bits per heavy atom. The summed E-state index contributed by atoms with van der Waals surface area (Å²) >= 11 is 12.3. The summed E-state index contributed by atoms with van der Waals surface area (Å²) < 4.78 is 17.7. The summed E-state index contributed by atoms with van der Waals surface area (Å²) in [5, 5.41) is 1.08. The molecule has 0 bridgehead atoms. The lowest BCUT2D eigenvalue weighted by Gasteiger charge is -2.38. The van der Waals surface area contributed by atoms with Crippen molar-refractivity contribution in [3.05, 3.63) is 92.5 Å². The van der Waals surface area contributed by atoms with Crippen LogP contribution in [0.2, 0.25) is 10.0 Å². The zero-order valence-electron chi connectivity index (χ0n) is 23.6. The first-order valence-corrected chi connectivity index (χ1v) is 14.9. The van der Waals surface area contributed by atoms with Crippen molar-refractivity contribution in [2.24, 2.45) is 0 Å². The maximum atomic E-state index is 12.5. The molecule has 0 N–H and O–H groups in total. The van der Waals surface area contributed by atoms with Gasteiger partial charge in [-0.2, -0.15) is 0 Å². The van der Waals surface area contributed by atoms with E-state index >= 15 is 0 Å². The third-order valence-corrected chi connectivity index (χ3v) is 8.93. The molecular formula is C33H37Cl2NO4. The van der Waals surface area contributed by atoms with Crippen LogP contribution in [-0.2, 0) is 28.9 Å². The molecule has 7 heteroatoms. The number of carbonyl (C=O) groups is 1. The van der Waals surface area contributed by atoms with E-state index < -0.39 is 0 Å². The van der Waals surface area contributed by atoms with Crippen molar-refractivity contribution in [2.75, 3.05) is 13.7 Å². The molecule has 212 valence electrons. The van der Waals surface area contributed by atoms with E-state index in [4.69, 9.17) is 37.4 Å². The summed E-state index contributed by atoms with van der Waals surface area (Å²) in [5.41, 5.74) is 5.97. The van der Waals surface area contributed by atoms with E-state index in [1.54, 1.807) is 0 Å². The van der Waals surface area contributed by atoms with E-state index in [0.29, 0.717) is 29.0 Å². The molecule has 0 saturated heterocycles. The third-order valence-electron chi connectivity index (χ3n) is 8.19. The highest BCUT2D eigenvalue weighted by atomic mass is 35.5. The largest absolute Gasteiger partial charge is 0.493 e. The highest BCUT2D eigenvalue weighted by Crippen LogP contribution is 2.38. The third kappa shape index (κ3) is 6.12. The van der Waals surface area contributed by atoms with Gasteiger partial charge in [0.25, 0.3) is 0 Å². The van der Waals surface area contributed by atoms with E-state index in [1.165, 1.54) is 29.4 Å². The maximum Gasteiger partial charge on any atom is 0.323 e. The van der Waals surface area contributed by atoms with Gasteiger partial charge >= 0.3 is 5.97 Å².